The second-order valence-electron chi connectivity index (χ2n) is 14.1. The quantitative estimate of drug-likeness (QED) is 0.0712. The van der Waals surface area contributed by atoms with Crippen LogP contribution in [0.15, 0.2) is 84.9 Å². The lowest BCUT2D eigenvalue weighted by Crippen LogP contribution is -2.32. The van der Waals surface area contributed by atoms with Crippen LogP contribution in [-0.2, 0) is 47.8 Å². The van der Waals surface area contributed by atoms with Crippen molar-refractivity contribution in [1.29, 1.82) is 0 Å². The van der Waals surface area contributed by atoms with Gasteiger partial charge >= 0.3 is 12.1 Å². The van der Waals surface area contributed by atoms with E-state index in [9.17, 15) is 28.8 Å². The number of hydroxylamine groups is 2. The Kier molecular flexibility index (Phi) is 14.2. The second-order valence-corrected chi connectivity index (χ2v) is 14.1. The van der Waals surface area contributed by atoms with Crippen LogP contribution in [0.3, 0.4) is 0 Å². The summed E-state index contributed by atoms with van der Waals surface area (Å²) in [5.74, 6) is -2.40. The molecule has 308 valence electrons. The second kappa shape index (κ2) is 19.9. The molecule has 0 spiro atoms. The Balaban J connectivity index is 0.000000268. The smallest absolute Gasteiger partial charge is 0.465 e. The lowest BCUT2D eigenvalue weighted by Gasteiger charge is -2.17. The van der Waals surface area contributed by atoms with Crippen molar-refractivity contribution >= 4 is 47.1 Å². The van der Waals surface area contributed by atoms with Crippen LogP contribution in [0.25, 0.3) is 22.3 Å². The fourth-order valence-electron chi connectivity index (χ4n) is 7.26. The van der Waals surface area contributed by atoms with Crippen LogP contribution < -0.4 is 10.6 Å². The van der Waals surface area contributed by atoms with E-state index in [0.29, 0.717) is 36.3 Å². The fourth-order valence-corrected chi connectivity index (χ4v) is 7.26. The van der Waals surface area contributed by atoms with Gasteiger partial charge in [0.2, 0.25) is 11.8 Å². The minimum absolute atomic E-state index is 0.0363. The summed E-state index contributed by atoms with van der Waals surface area (Å²) in [5.41, 5.74) is 9.32. The highest BCUT2D eigenvalue weighted by molar-refractivity contribution is 6.01. The highest BCUT2D eigenvalue weighted by atomic mass is 16.8. The molecule has 1 fully saturated rings. The molecule has 1 heterocycles. The van der Waals surface area contributed by atoms with Crippen molar-refractivity contribution in [2.45, 2.75) is 58.3 Å². The largest absolute Gasteiger partial charge is 0.533 e. The molecular formula is C45H47N3O11. The van der Waals surface area contributed by atoms with Gasteiger partial charge in [0.25, 0.3) is 11.8 Å². The molecule has 7 rings (SSSR count). The third kappa shape index (κ3) is 10.4. The third-order valence-corrected chi connectivity index (χ3v) is 9.83. The van der Waals surface area contributed by atoms with Crippen LogP contribution in [0.5, 0.6) is 0 Å². The first-order valence-electron chi connectivity index (χ1n) is 19.6. The van der Waals surface area contributed by atoms with Gasteiger partial charge in [-0.1, -0.05) is 79.6 Å². The topological polar surface area (TPSA) is 176 Å². The predicted molar refractivity (Wildman–Crippen MR) is 217 cm³/mol. The van der Waals surface area contributed by atoms with Gasteiger partial charge in [-0.15, -0.1) is 0 Å². The molecule has 2 N–H and O–H groups in total. The van der Waals surface area contributed by atoms with Gasteiger partial charge < -0.3 is 29.6 Å². The highest BCUT2D eigenvalue weighted by Gasteiger charge is 2.35. The molecule has 2 aliphatic carbocycles. The molecule has 0 saturated carbocycles. The number of anilines is 2. The van der Waals surface area contributed by atoms with Crippen molar-refractivity contribution in [3.05, 3.63) is 107 Å². The monoisotopic (exact) mass is 805 g/mol. The number of ether oxygens (including phenoxy) is 4. The minimum atomic E-state index is -1.20. The molecule has 59 heavy (non-hydrogen) atoms. The van der Waals surface area contributed by atoms with Crippen molar-refractivity contribution in [1.82, 2.24) is 5.06 Å². The summed E-state index contributed by atoms with van der Waals surface area (Å²) in [6.07, 6.45) is 0.321. The normalized spacial score (nSPS) is 13.7. The van der Waals surface area contributed by atoms with Gasteiger partial charge in [-0.05, 0) is 81.6 Å². The van der Waals surface area contributed by atoms with Gasteiger partial charge in [-0.3, -0.25) is 28.8 Å². The number of fused-ring (bicyclic) bond motifs is 6. The summed E-state index contributed by atoms with van der Waals surface area (Å²) < 4.78 is 21.2. The molecule has 1 aliphatic heterocycles. The van der Waals surface area contributed by atoms with Gasteiger partial charge in [0.1, 0.15) is 26.4 Å². The number of amides is 4. The fraction of sp³-hybridized carbons (Fsp3) is 0.333. The van der Waals surface area contributed by atoms with E-state index in [0.717, 1.165) is 35.1 Å². The SMILES string of the molecule is CC(=O)OCC1c2ccccc2-c2ccccc21.CCCOCC(=O)Nc1ccc2c(c1)C(COC(=O)ON1C(=O)CCC1=O)c1cc(NC(=O)COCCC)ccc1-2. The number of hydrogen-bond donors (Lipinski definition) is 2. The summed E-state index contributed by atoms with van der Waals surface area (Å²) >= 11 is 0. The number of benzene rings is 4. The molecule has 3 aliphatic rings. The van der Waals surface area contributed by atoms with Gasteiger partial charge in [0.05, 0.1) is 0 Å². The molecule has 0 atom stereocenters. The van der Waals surface area contributed by atoms with Crippen LogP contribution in [-0.4, -0.2) is 80.5 Å². The Bertz CT molecular complexity index is 2090. The van der Waals surface area contributed by atoms with E-state index in [1.54, 1.807) is 24.3 Å². The summed E-state index contributed by atoms with van der Waals surface area (Å²) in [6, 6.07) is 27.5. The average molecular weight is 806 g/mol. The first kappa shape index (κ1) is 42.2. The molecule has 4 amide bonds. The summed E-state index contributed by atoms with van der Waals surface area (Å²) in [5, 5.41) is 6.05. The lowest BCUT2D eigenvalue weighted by molar-refractivity contribution is -0.177. The lowest BCUT2D eigenvalue weighted by atomic mass is 9.97. The van der Waals surface area contributed by atoms with Gasteiger partial charge in [-0.25, -0.2) is 4.79 Å². The Morgan fingerprint density at radius 2 is 1.05 bits per heavy atom. The zero-order chi connectivity index (χ0) is 41.9. The number of hydrogen-bond acceptors (Lipinski definition) is 11. The van der Waals surface area contributed by atoms with E-state index in [1.165, 1.54) is 29.2 Å². The summed E-state index contributed by atoms with van der Waals surface area (Å²) in [7, 11) is 0. The highest BCUT2D eigenvalue weighted by Crippen LogP contribution is 2.47. The Morgan fingerprint density at radius 1 is 0.610 bits per heavy atom. The van der Waals surface area contributed by atoms with Crippen LogP contribution in [0.1, 0.15) is 80.5 Å². The zero-order valence-corrected chi connectivity index (χ0v) is 33.2. The summed E-state index contributed by atoms with van der Waals surface area (Å²) in [4.78, 5) is 76.5. The number of carbonyl (C=O) groups is 6. The van der Waals surface area contributed by atoms with Crippen LogP contribution in [0, 0.1) is 0 Å². The van der Waals surface area contributed by atoms with E-state index in [2.05, 4.69) is 34.9 Å². The van der Waals surface area contributed by atoms with Crippen LogP contribution in [0.4, 0.5) is 16.2 Å². The molecule has 14 heteroatoms. The first-order valence-corrected chi connectivity index (χ1v) is 19.6. The van der Waals surface area contributed by atoms with Gasteiger partial charge in [0, 0.05) is 56.2 Å². The van der Waals surface area contributed by atoms with Crippen molar-refractivity contribution in [2.24, 2.45) is 0 Å². The Morgan fingerprint density at radius 3 is 1.53 bits per heavy atom. The molecule has 4 aromatic rings. The minimum Gasteiger partial charge on any atom is -0.465 e. The van der Waals surface area contributed by atoms with Crippen LogP contribution in [0.2, 0.25) is 0 Å². The Labute approximate surface area is 342 Å². The van der Waals surface area contributed by atoms with Gasteiger partial charge in [0.15, 0.2) is 0 Å². The number of nitrogens with one attached hydrogen (secondary N) is 2. The van der Waals surface area contributed by atoms with Crippen molar-refractivity contribution in [3.63, 3.8) is 0 Å². The average Bonchev–Trinajstić information content (AvgIpc) is 3.83. The number of rotatable bonds is 15. The van der Waals surface area contributed by atoms with E-state index >= 15 is 0 Å². The van der Waals surface area contributed by atoms with Crippen molar-refractivity contribution < 1.29 is 52.6 Å². The zero-order valence-electron chi connectivity index (χ0n) is 33.2. The molecule has 0 aromatic heterocycles. The number of nitrogens with zero attached hydrogens (tertiary/aromatic N) is 1. The third-order valence-electron chi connectivity index (χ3n) is 9.83. The molecule has 0 unspecified atom stereocenters. The Hall–Kier alpha value is -6.38. The van der Waals surface area contributed by atoms with Crippen molar-refractivity contribution in [3.8, 4) is 22.3 Å². The number of imide groups is 1. The number of carbonyl (C=O) groups excluding carboxylic acids is 6. The van der Waals surface area contributed by atoms with E-state index in [4.69, 9.17) is 23.8 Å². The number of esters is 1. The first-order chi connectivity index (χ1) is 28.6. The predicted octanol–water partition coefficient (Wildman–Crippen LogP) is 7.11. The van der Waals surface area contributed by atoms with E-state index in [1.807, 2.05) is 50.2 Å². The van der Waals surface area contributed by atoms with E-state index in [-0.39, 0.29) is 56.4 Å². The maximum atomic E-state index is 12.4. The van der Waals surface area contributed by atoms with Gasteiger partial charge in [-0.2, -0.15) is 0 Å². The molecule has 14 nitrogen and oxygen atoms in total. The van der Waals surface area contributed by atoms with Crippen LogP contribution >= 0.6 is 0 Å². The molecule has 4 aromatic carbocycles. The van der Waals surface area contributed by atoms with E-state index < -0.39 is 23.9 Å². The van der Waals surface area contributed by atoms with Crippen molar-refractivity contribution in [2.75, 3.05) is 50.3 Å². The molecular weight excluding hydrogens is 759 g/mol. The summed E-state index contributed by atoms with van der Waals surface area (Å²) in [6.45, 7) is 6.36. The standard InChI is InChI=1S/C29H33N3O9.C16H14O2/c1-3-11-38-16-25(33)30-18-5-7-20-21-8-6-19(31-26(34)17-39-12-4-2)14-23(21)24(22(20)13-18)15-40-29(37)41-32-27(35)9-10-28(32)36;1-11(17)18-10-16-14-8-4-2-6-12(14)13-7-3-5-9-15(13)16/h5-8,13-14,24H,3-4,9-12,15-17H2,1-2H3,(H,30,33)(H,31,34);2-9,16H,10H2,1H3. The molecule has 1 saturated heterocycles. The maximum absolute atomic E-state index is 12.4. The molecule has 0 bridgehead atoms. The molecule has 0 radical (unpaired) electrons. The maximum Gasteiger partial charge on any atom is 0.533 e.